The number of hydrogen-bond donors (Lipinski definition) is 3. The van der Waals surface area contributed by atoms with E-state index in [-0.39, 0.29) is 23.9 Å². The van der Waals surface area contributed by atoms with E-state index in [1.807, 2.05) is 60.7 Å². The van der Waals surface area contributed by atoms with E-state index in [2.05, 4.69) is 33.0 Å². The maximum Gasteiger partial charge on any atom is 0.319 e. The molecule has 4 aromatic rings. The van der Waals surface area contributed by atoms with Gasteiger partial charge in [0.25, 0.3) is 0 Å². The molecule has 5 rings (SSSR count). The molecule has 1 aliphatic heterocycles. The van der Waals surface area contributed by atoms with Crippen LogP contribution >= 0.6 is 0 Å². The molecule has 3 aromatic carbocycles. The molecule has 1 saturated heterocycles. The number of likely N-dealkylation sites (tertiary alicyclic amines) is 1. The van der Waals surface area contributed by atoms with Crippen molar-refractivity contribution < 1.29 is 19.1 Å². The van der Waals surface area contributed by atoms with E-state index >= 15 is 0 Å². The molecule has 9 heteroatoms. The summed E-state index contributed by atoms with van der Waals surface area (Å²) in [5.74, 6) is 0.450. The first kappa shape index (κ1) is 28.1. The van der Waals surface area contributed by atoms with Crippen LogP contribution in [0.4, 0.5) is 16.2 Å². The summed E-state index contributed by atoms with van der Waals surface area (Å²) in [4.78, 5) is 32.5. The van der Waals surface area contributed by atoms with E-state index in [1.165, 1.54) is 12.5 Å². The number of pyridine rings is 1. The molecule has 1 aromatic heterocycles. The van der Waals surface area contributed by atoms with Crippen molar-refractivity contribution in [3.05, 3.63) is 84.4 Å². The fraction of sp³-hybridized carbons (Fsp3) is 0.281. The second kappa shape index (κ2) is 12.8. The average Bonchev–Trinajstić information content (AvgIpc) is 3.38. The Hall–Kier alpha value is -4.47. The fourth-order valence-electron chi connectivity index (χ4n) is 5.37. The molecule has 212 valence electrons. The van der Waals surface area contributed by atoms with Crippen molar-refractivity contribution in [2.45, 2.75) is 18.9 Å². The highest BCUT2D eigenvalue weighted by molar-refractivity contribution is 6.00. The Bertz CT molecular complexity index is 1510. The van der Waals surface area contributed by atoms with Crippen molar-refractivity contribution in [1.82, 2.24) is 15.2 Å². The topological polar surface area (TPSA) is 105 Å². The van der Waals surface area contributed by atoms with Gasteiger partial charge in [-0.1, -0.05) is 60.7 Å². The highest BCUT2D eigenvalue weighted by Gasteiger charge is 2.34. The lowest BCUT2D eigenvalue weighted by atomic mass is 9.94. The lowest BCUT2D eigenvalue weighted by molar-refractivity contribution is -0.114. The predicted molar refractivity (Wildman–Crippen MR) is 161 cm³/mol. The number of benzene rings is 3. The minimum Gasteiger partial charge on any atom is -0.495 e. The van der Waals surface area contributed by atoms with E-state index in [0.29, 0.717) is 34.9 Å². The van der Waals surface area contributed by atoms with Crippen LogP contribution in [0.1, 0.15) is 18.4 Å². The van der Waals surface area contributed by atoms with Gasteiger partial charge in [0.05, 0.1) is 42.3 Å². The maximum absolute atomic E-state index is 13.5. The quantitative estimate of drug-likeness (QED) is 0.266. The molecule has 1 aliphatic rings. The number of urea groups is 1. The van der Waals surface area contributed by atoms with Crippen LogP contribution in [0, 0.1) is 0 Å². The van der Waals surface area contributed by atoms with Crippen molar-refractivity contribution in [2.75, 3.05) is 51.1 Å². The number of nitrogens with one attached hydrogen (secondary N) is 3. The second-order valence-electron chi connectivity index (χ2n) is 10.2. The Labute approximate surface area is 239 Å². The Morgan fingerprint density at radius 2 is 1.66 bits per heavy atom. The number of amides is 3. The van der Waals surface area contributed by atoms with Crippen LogP contribution in [0.25, 0.3) is 22.2 Å². The second-order valence-corrected chi connectivity index (χ2v) is 10.2. The van der Waals surface area contributed by atoms with Gasteiger partial charge in [-0.15, -0.1) is 0 Å². The molecule has 41 heavy (non-hydrogen) atoms. The SMILES string of the molecule is COCCN1C[C@@H](NC(=O)Nc2cc3cc(OC)c(NC(C)=O)cc3nc2-c2ccccc2)[C@H](c2ccccc2)C1. The van der Waals surface area contributed by atoms with E-state index in [4.69, 9.17) is 14.5 Å². The van der Waals surface area contributed by atoms with Crippen LogP contribution in [-0.2, 0) is 9.53 Å². The largest absolute Gasteiger partial charge is 0.495 e. The summed E-state index contributed by atoms with van der Waals surface area (Å²) in [6.45, 7) is 4.44. The zero-order valence-corrected chi connectivity index (χ0v) is 23.5. The van der Waals surface area contributed by atoms with Crippen LogP contribution in [0.5, 0.6) is 5.75 Å². The van der Waals surface area contributed by atoms with Gasteiger partial charge in [-0.05, 0) is 23.8 Å². The lowest BCUT2D eigenvalue weighted by Gasteiger charge is -2.21. The molecule has 0 unspecified atom stereocenters. The average molecular weight is 554 g/mol. The normalized spacial score (nSPS) is 16.9. The summed E-state index contributed by atoms with van der Waals surface area (Å²) >= 11 is 0. The molecule has 0 bridgehead atoms. The number of rotatable bonds is 9. The van der Waals surface area contributed by atoms with E-state index in [1.54, 1.807) is 20.3 Å². The van der Waals surface area contributed by atoms with Crippen molar-refractivity contribution in [3.8, 4) is 17.0 Å². The monoisotopic (exact) mass is 553 g/mol. The van der Waals surface area contributed by atoms with Crippen LogP contribution in [-0.4, -0.2) is 68.3 Å². The van der Waals surface area contributed by atoms with Crippen LogP contribution in [0.2, 0.25) is 0 Å². The number of nitrogens with zero attached hydrogens (tertiary/aromatic N) is 2. The van der Waals surface area contributed by atoms with Gasteiger partial charge in [0.1, 0.15) is 5.75 Å². The van der Waals surface area contributed by atoms with Gasteiger partial charge in [0.2, 0.25) is 5.91 Å². The van der Waals surface area contributed by atoms with Crippen LogP contribution < -0.4 is 20.7 Å². The summed E-state index contributed by atoms with van der Waals surface area (Å²) in [6, 6.07) is 25.1. The molecule has 1 fully saturated rings. The van der Waals surface area contributed by atoms with Crippen LogP contribution in [0.15, 0.2) is 78.9 Å². The molecule has 0 saturated carbocycles. The third-order valence-electron chi connectivity index (χ3n) is 7.29. The Kier molecular flexibility index (Phi) is 8.76. The number of ether oxygens (including phenoxy) is 2. The van der Waals surface area contributed by atoms with E-state index < -0.39 is 0 Å². The van der Waals surface area contributed by atoms with Gasteiger partial charge in [-0.3, -0.25) is 9.69 Å². The lowest BCUT2D eigenvalue weighted by Crippen LogP contribution is -2.42. The molecule has 0 aliphatic carbocycles. The highest BCUT2D eigenvalue weighted by Crippen LogP contribution is 2.35. The number of carbonyl (C=O) groups excluding carboxylic acids is 2. The van der Waals surface area contributed by atoms with E-state index in [0.717, 1.165) is 30.6 Å². The maximum atomic E-state index is 13.5. The molecule has 2 heterocycles. The predicted octanol–water partition coefficient (Wildman–Crippen LogP) is 5.10. The van der Waals surface area contributed by atoms with Gasteiger partial charge in [-0.2, -0.15) is 0 Å². The van der Waals surface area contributed by atoms with Crippen molar-refractivity contribution in [1.29, 1.82) is 0 Å². The summed E-state index contributed by atoms with van der Waals surface area (Å²) in [5, 5.41) is 9.87. The summed E-state index contributed by atoms with van der Waals surface area (Å²) in [6.07, 6.45) is 0. The summed E-state index contributed by atoms with van der Waals surface area (Å²) in [7, 11) is 3.25. The molecule has 2 atom stereocenters. The number of anilines is 2. The fourth-order valence-corrected chi connectivity index (χ4v) is 5.37. The Morgan fingerprint density at radius 1 is 0.927 bits per heavy atom. The number of carbonyl (C=O) groups is 2. The molecule has 9 nitrogen and oxygen atoms in total. The van der Waals surface area contributed by atoms with Crippen LogP contribution in [0.3, 0.4) is 0 Å². The minimum absolute atomic E-state index is 0.0804. The standard InChI is InChI=1S/C32H35N5O4/c1-21(38)33-27-18-26-24(17-30(27)41-3)16-28(31(34-26)23-12-8-5-9-13-23)35-32(39)36-29-20-37(14-15-40-2)19-25(29)22-10-6-4-7-11-22/h4-13,16-18,25,29H,14-15,19-20H2,1-3H3,(H,33,38)(H2,35,36,39)/t25-,29+/m0/s1. The summed E-state index contributed by atoms with van der Waals surface area (Å²) < 4.78 is 10.8. The summed E-state index contributed by atoms with van der Waals surface area (Å²) in [5.41, 5.74) is 4.44. The first-order valence-electron chi connectivity index (χ1n) is 13.6. The molecule has 3 amide bonds. The van der Waals surface area contributed by atoms with E-state index in [9.17, 15) is 9.59 Å². The van der Waals surface area contributed by atoms with Gasteiger partial charge < -0.3 is 25.4 Å². The molecule has 0 spiro atoms. The molecule has 3 N–H and O–H groups in total. The smallest absolute Gasteiger partial charge is 0.319 e. The van der Waals surface area contributed by atoms with Gasteiger partial charge >= 0.3 is 6.03 Å². The molecular formula is C32H35N5O4. The number of hydrogen-bond acceptors (Lipinski definition) is 6. The van der Waals surface area contributed by atoms with Crippen molar-refractivity contribution in [2.24, 2.45) is 0 Å². The zero-order valence-electron chi connectivity index (χ0n) is 23.5. The highest BCUT2D eigenvalue weighted by atomic mass is 16.5. The number of fused-ring (bicyclic) bond motifs is 1. The van der Waals surface area contributed by atoms with Gasteiger partial charge in [0.15, 0.2) is 0 Å². The Balaban J connectivity index is 1.45. The number of aromatic nitrogens is 1. The zero-order chi connectivity index (χ0) is 28.8. The Morgan fingerprint density at radius 3 is 2.34 bits per heavy atom. The third kappa shape index (κ3) is 6.65. The molecular weight excluding hydrogens is 518 g/mol. The van der Waals surface area contributed by atoms with Crippen molar-refractivity contribution >= 4 is 34.2 Å². The van der Waals surface area contributed by atoms with Gasteiger partial charge in [0, 0.05) is 50.5 Å². The third-order valence-corrected chi connectivity index (χ3v) is 7.29. The van der Waals surface area contributed by atoms with Crippen molar-refractivity contribution in [3.63, 3.8) is 0 Å². The number of methoxy groups -OCH3 is 2. The first-order valence-corrected chi connectivity index (χ1v) is 13.6. The minimum atomic E-state index is -0.301. The molecule has 0 radical (unpaired) electrons. The first-order chi connectivity index (χ1) is 19.9. The van der Waals surface area contributed by atoms with Gasteiger partial charge in [-0.25, -0.2) is 9.78 Å².